The van der Waals surface area contributed by atoms with Gasteiger partial charge in [0.25, 0.3) is 0 Å². The number of nitrogens with one attached hydrogen (secondary N) is 2. The number of H-pyrrole nitrogens is 2. The van der Waals surface area contributed by atoms with Crippen molar-refractivity contribution < 1.29 is 18.9 Å². The largest absolute Gasteiger partial charge is 0.493 e. The zero-order valence-corrected chi connectivity index (χ0v) is 36.7. The van der Waals surface area contributed by atoms with E-state index in [-0.39, 0.29) is 16.2 Å². The molecular weight excluding hydrogens is 765 g/mol. The predicted octanol–water partition coefficient (Wildman–Crippen LogP) is 10.7. The highest BCUT2D eigenvalue weighted by Gasteiger charge is 2.57. The SMILES string of the molecule is CCc1ccccc1.CCc1ccccc1.COc1cc2c(cc1OC)C1(CC2(C)C)CC(C)(C)c2cc3c(cc21)Oc1c(c(-c2nn[nH]n2)c(C)c(C)c1-c1nn[nH]n1)O3. The molecule has 0 saturated carbocycles. The molecule has 1 spiro atoms. The maximum atomic E-state index is 6.85. The fourth-order valence-electron chi connectivity index (χ4n) is 9.66. The number of nitrogens with zero attached hydrogens (tertiary/aromatic N) is 6. The van der Waals surface area contributed by atoms with E-state index >= 15 is 0 Å². The standard InChI is InChI=1S/C33H34N8O4.2C8H10/c1-15-16(2)26(30-36-40-41-37-30)28-27(25(15)29-34-38-39-35-29)44-23-10-18-20(12-24(23)45-28)33(14-32(18,5)6)13-31(3,4)17-9-21(42-7)22(43-8)11-19(17)33;2*1-2-8-6-4-3-5-7-8/h9-12H,13-14H2,1-8H3,(H,34,35,38,39)(H,36,37,40,41);2*3-7H,2H2,1H3. The number of methoxy groups -OCH3 is 2. The Kier molecular flexibility index (Phi) is 10.9. The monoisotopic (exact) mass is 818 g/mol. The molecule has 0 radical (unpaired) electrons. The van der Waals surface area contributed by atoms with Crippen LogP contribution in [0.4, 0.5) is 0 Å². The molecule has 314 valence electrons. The molecular formula is C49H54N8O4. The molecule has 0 saturated heterocycles. The Morgan fingerprint density at radius 3 is 1.34 bits per heavy atom. The predicted molar refractivity (Wildman–Crippen MR) is 236 cm³/mol. The van der Waals surface area contributed by atoms with Crippen molar-refractivity contribution in [1.29, 1.82) is 0 Å². The van der Waals surface area contributed by atoms with Crippen LogP contribution >= 0.6 is 0 Å². The molecule has 5 aromatic carbocycles. The van der Waals surface area contributed by atoms with Crippen molar-refractivity contribution in [2.75, 3.05) is 14.2 Å². The van der Waals surface area contributed by atoms with Gasteiger partial charge in [-0.2, -0.15) is 10.4 Å². The maximum Gasteiger partial charge on any atom is 0.208 e. The van der Waals surface area contributed by atoms with Gasteiger partial charge in [0.1, 0.15) is 0 Å². The number of tetrazole rings is 2. The summed E-state index contributed by atoms with van der Waals surface area (Å²) in [6.45, 7) is 17.5. The van der Waals surface area contributed by atoms with E-state index in [1.54, 1.807) is 14.2 Å². The Morgan fingerprint density at radius 2 is 0.967 bits per heavy atom. The zero-order chi connectivity index (χ0) is 43.1. The second kappa shape index (κ2) is 16.1. The van der Waals surface area contributed by atoms with E-state index in [9.17, 15) is 0 Å². The Balaban J connectivity index is 0.000000268. The van der Waals surface area contributed by atoms with E-state index in [1.807, 2.05) is 26.0 Å². The van der Waals surface area contributed by atoms with Crippen LogP contribution in [-0.2, 0) is 29.1 Å². The van der Waals surface area contributed by atoms with Crippen LogP contribution in [0.3, 0.4) is 0 Å². The molecule has 7 aromatic rings. The lowest BCUT2D eigenvalue weighted by Gasteiger charge is -2.31. The molecule has 2 N–H and O–H groups in total. The van der Waals surface area contributed by atoms with Gasteiger partial charge in [0.05, 0.1) is 25.3 Å². The molecule has 61 heavy (non-hydrogen) atoms. The lowest BCUT2D eigenvalue weighted by atomic mass is 9.72. The number of rotatable bonds is 6. The van der Waals surface area contributed by atoms with Gasteiger partial charge >= 0.3 is 0 Å². The van der Waals surface area contributed by atoms with Gasteiger partial charge in [0, 0.05) is 5.41 Å². The molecule has 0 amide bonds. The van der Waals surface area contributed by atoms with Crippen molar-refractivity contribution in [3.05, 3.63) is 129 Å². The normalized spacial score (nSPS) is 17.0. The second-order valence-electron chi connectivity index (χ2n) is 17.3. The maximum absolute atomic E-state index is 6.85. The van der Waals surface area contributed by atoms with Gasteiger partial charge in [-0.15, -0.1) is 20.4 Å². The molecule has 1 aliphatic heterocycles. The van der Waals surface area contributed by atoms with E-state index in [2.05, 4.69) is 156 Å². The van der Waals surface area contributed by atoms with Gasteiger partial charge in [0.15, 0.2) is 34.5 Å². The van der Waals surface area contributed by atoms with E-state index in [0.29, 0.717) is 45.8 Å². The summed E-state index contributed by atoms with van der Waals surface area (Å²) in [5, 5.41) is 29.9. The molecule has 0 fully saturated rings. The minimum Gasteiger partial charge on any atom is -0.493 e. The first-order chi connectivity index (χ1) is 29.4. The minimum atomic E-state index is -0.259. The van der Waals surface area contributed by atoms with Crippen LogP contribution in [0.2, 0.25) is 0 Å². The van der Waals surface area contributed by atoms with Gasteiger partial charge in [-0.25, -0.2) is 0 Å². The number of hydrogen-bond acceptors (Lipinski definition) is 10. The first-order valence-electron chi connectivity index (χ1n) is 20.9. The van der Waals surface area contributed by atoms with Gasteiger partial charge in [0.2, 0.25) is 11.6 Å². The van der Waals surface area contributed by atoms with Crippen LogP contribution in [0, 0.1) is 13.8 Å². The summed E-state index contributed by atoms with van der Waals surface area (Å²) >= 11 is 0. The summed E-state index contributed by atoms with van der Waals surface area (Å²) in [5.74, 6) is 4.52. The Morgan fingerprint density at radius 1 is 0.574 bits per heavy atom. The van der Waals surface area contributed by atoms with Gasteiger partial charge < -0.3 is 18.9 Å². The second-order valence-corrected chi connectivity index (χ2v) is 17.3. The smallest absolute Gasteiger partial charge is 0.208 e. The third-order valence-corrected chi connectivity index (χ3v) is 12.6. The van der Waals surface area contributed by atoms with Gasteiger partial charge in [-0.3, -0.25) is 0 Å². The number of aromatic nitrogens is 8. The molecule has 2 aliphatic carbocycles. The topological polar surface area (TPSA) is 146 Å². The average molecular weight is 819 g/mol. The summed E-state index contributed by atoms with van der Waals surface area (Å²) in [4.78, 5) is 0. The third kappa shape index (κ3) is 7.27. The van der Waals surface area contributed by atoms with Crippen molar-refractivity contribution in [2.45, 2.75) is 97.3 Å². The third-order valence-electron chi connectivity index (χ3n) is 12.6. The molecule has 1 atom stereocenters. The van der Waals surface area contributed by atoms with Crippen molar-refractivity contribution in [2.24, 2.45) is 0 Å². The molecule has 12 heteroatoms. The van der Waals surface area contributed by atoms with Crippen LogP contribution in [0.15, 0.2) is 84.9 Å². The zero-order valence-electron chi connectivity index (χ0n) is 36.7. The van der Waals surface area contributed by atoms with Crippen LogP contribution in [0.1, 0.15) is 98.9 Å². The first-order valence-corrected chi connectivity index (χ1v) is 20.9. The van der Waals surface area contributed by atoms with Gasteiger partial charge in [-0.05, 0) is 130 Å². The molecule has 3 aliphatic rings. The quantitative estimate of drug-likeness (QED) is 0.166. The Hall–Kier alpha value is -6.56. The molecule has 10 rings (SSSR count). The van der Waals surface area contributed by atoms with Crippen molar-refractivity contribution in [3.63, 3.8) is 0 Å². The van der Waals surface area contributed by atoms with Crippen LogP contribution in [0.5, 0.6) is 34.5 Å². The number of ether oxygens (including phenoxy) is 4. The highest BCUT2D eigenvalue weighted by molar-refractivity contribution is 5.86. The average Bonchev–Trinajstić information content (AvgIpc) is 4.08. The lowest BCUT2D eigenvalue weighted by Crippen LogP contribution is -2.27. The van der Waals surface area contributed by atoms with Gasteiger partial charge in [-0.1, -0.05) is 102 Å². The van der Waals surface area contributed by atoms with E-state index < -0.39 is 0 Å². The summed E-state index contributed by atoms with van der Waals surface area (Å²) in [5.41, 5.74) is 10.5. The Bertz CT molecular complexity index is 2620. The van der Waals surface area contributed by atoms with E-state index in [1.165, 1.54) is 33.4 Å². The lowest BCUT2D eigenvalue weighted by molar-refractivity contribution is 0.347. The summed E-state index contributed by atoms with van der Waals surface area (Å²) in [6.07, 6.45) is 4.14. The highest BCUT2D eigenvalue weighted by Crippen LogP contribution is 2.66. The fraction of sp³-hybridized carbons (Fsp3) is 0.347. The van der Waals surface area contributed by atoms with Crippen LogP contribution < -0.4 is 18.9 Å². The summed E-state index contributed by atoms with van der Waals surface area (Å²) in [6, 6.07) is 29.6. The number of benzene rings is 5. The number of aryl methyl sites for hydroxylation is 2. The molecule has 1 unspecified atom stereocenters. The minimum absolute atomic E-state index is 0.0909. The Labute approximate surface area is 357 Å². The molecule has 3 heterocycles. The fourth-order valence-corrected chi connectivity index (χ4v) is 9.66. The van der Waals surface area contributed by atoms with Crippen LogP contribution in [-0.4, -0.2) is 55.5 Å². The highest BCUT2D eigenvalue weighted by atomic mass is 16.6. The first kappa shape index (κ1) is 41.2. The van der Waals surface area contributed by atoms with E-state index in [4.69, 9.17) is 18.9 Å². The van der Waals surface area contributed by atoms with Crippen molar-refractivity contribution in [1.82, 2.24) is 41.2 Å². The van der Waals surface area contributed by atoms with Crippen molar-refractivity contribution in [3.8, 4) is 57.3 Å². The summed E-state index contributed by atoms with van der Waals surface area (Å²) < 4.78 is 25.2. The van der Waals surface area contributed by atoms with Crippen LogP contribution in [0.25, 0.3) is 22.8 Å². The number of fused-ring (bicyclic) bond motifs is 6. The van der Waals surface area contributed by atoms with Crippen molar-refractivity contribution >= 4 is 0 Å². The summed E-state index contributed by atoms with van der Waals surface area (Å²) in [7, 11) is 3.38. The molecule has 12 nitrogen and oxygen atoms in total. The van der Waals surface area contributed by atoms with E-state index in [0.717, 1.165) is 48.3 Å². The number of aromatic amines is 2. The number of hydrogen-bond donors (Lipinski definition) is 2. The molecule has 2 aromatic heterocycles. The molecule has 0 bridgehead atoms.